The summed E-state index contributed by atoms with van der Waals surface area (Å²) in [5.74, 6) is -0.839. The van der Waals surface area contributed by atoms with Gasteiger partial charge in [0.05, 0.1) is 16.8 Å². The van der Waals surface area contributed by atoms with Crippen LogP contribution in [0.25, 0.3) is 0 Å². The van der Waals surface area contributed by atoms with Crippen molar-refractivity contribution in [1.29, 1.82) is 0 Å². The van der Waals surface area contributed by atoms with Crippen molar-refractivity contribution in [2.75, 3.05) is 6.54 Å². The molecule has 4 nitrogen and oxygen atoms in total. The van der Waals surface area contributed by atoms with E-state index in [4.69, 9.17) is 0 Å². The number of hydrogen-bond acceptors (Lipinski definition) is 3. The van der Waals surface area contributed by atoms with Crippen LogP contribution in [0.2, 0.25) is 0 Å². The Morgan fingerprint density at radius 3 is 2.15 bits per heavy atom. The monoisotopic (exact) mass is 473 g/mol. The maximum absolute atomic E-state index is 13.0. The molecule has 0 bridgehead atoms. The maximum Gasteiger partial charge on any atom is 0.416 e. The number of amides is 1. The first-order chi connectivity index (χ1) is 15.4. The fraction of sp³-hybridized carbons (Fsp3) is 0.478. The predicted molar refractivity (Wildman–Crippen MR) is 110 cm³/mol. The molecule has 0 unspecified atom stereocenters. The standard InChI is InChI=1S/C23H25F6N3O/c1-14-3-2-8-30-20(14)13-31-19-6-4-15(5-7-19)12-32-21(33)16-9-17(22(24,25)26)11-18(10-16)23(27,28)29/h2-3,8-11,15,19,31H,4-7,12-13H2,1H3,(H,32,33)/t15-,19-. The first kappa shape index (κ1) is 25.0. The second-order valence-electron chi connectivity index (χ2n) is 8.37. The Balaban J connectivity index is 1.53. The molecular formula is C23H25F6N3O. The van der Waals surface area contributed by atoms with Crippen molar-refractivity contribution in [3.05, 3.63) is 64.5 Å². The van der Waals surface area contributed by atoms with Crippen LogP contribution in [0.1, 0.15) is 58.4 Å². The van der Waals surface area contributed by atoms with E-state index in [1.54, 1.807) is 6.20 Å². The van der Waals surface area contributed by atoms with Crippen molar-refractivity contribution < 1.29 is 31.1 Å². The summed E-state index contributed by atoms with van der Waals surface area (Å²) in [6, 6.07) is 5.07. The molecule has 1 aliphatic rings. The fourth-order valence-electron chi connectivity index (χ4n) is 3.94. The first-order valence-corrected chi connectivity index (χ1v) is 10.6. The van der Waals surface area contributed by atoms with Crippen LogP contribution in [0.4, 0.5) is 26.3 Å². The van der Waals surface area contributed by atoms with Crippen molar-refractivity contribution in [3.63, 3.8) is 0 Å². The summed E-state index contributed by atoms with van der Waals surface area (Å²) in [4.78, 5) is 16.7. The van der Waals surface area contributed by atoms with Gasteiger partial charge in [0.15, 0.2) is 0 Å². The molecule has 0 spiro atoms. The fourth-order valence-corrected chi connectivity index (χ4v) is 3.94. The third kappa shape index (κ3) is 6.93. The van der Waals surface area contributed by atoms with Crippen LogP contribution in [-0.4, -0.2) is 23.5 Å². The van der Waals surface area contributed by atoms with Crippen molar-refractivity contribution in [2.24, 2.45) is 5.92 Å². The van der Waals surface area contributed by atoms with Crippen LogP contribution in [0.15, 0.2) is 36.5 Å². The number of alkyl halides is 6. The highest BCUT2D eigenvalue weighted by Crippen LogP contribution is 2.36. The molecule has 0 atom stereocenters. The molecule has 33 heavy (non-hydrogen) atoms. The zero-order valence-electron chi connectivity index (χ0n) is 18.0. The van der Waals surface area contributed by atoms with Crippen molar-refractivity contribution in [2.45, 2.75) is 57.5 Å². The normalized spacial score (nSPS) is 19.4. The molecule has 2 aromatic rings. The number of nitrogens with one attached hydrogen (secondary N) is 2. The number of rotatable bonds is 6. The highest BCUT2D eigenvalue weighted by atomic mass is 19.4. The molecular weight excluding hydrogens is 448 g/mol. The SMILES string of the molecule is Cc1cccnc1CN[C@H]1CC[C@H](CNC(=O)c2cc(C(F)(F)F)cc(C(F)(F)F)c2)CC1. The topological polar surface area (TPSA) is 54.0 Å². The Morgan fingerprint density at radius 1 is 1.00 bits per heavy atom. The lowest BCUT2D eigenvalue weighted by molar-refractivity contribution is -0.143. The Labute approximate surface area is 187 Å². The highest BCUT2D eigenvalue weighted by molar-refractivity contribution is 5.94. The van der Waals surface area contributed by atoms with E-state index in [1.807, 2.05) is 19.1 Å². The van der Waals surface area contributed by atoms with Gasteiger partial charge in [0.25, 0.3) is 5.91 Å². The third-order valence-electron chi connectivity index (χ3n) is 5.92. The Kier molecular flexibility index (Phi) is 7.66. The zero-order chi connectivity index (χ0) is 24.2. The molecule has 1 aromatic heterocycles. The van der Waals surface area contributed by atoms with Crippen LogP contribution in [-0.2, 0) is 18.9 Å². The Bertz CT molecular complexity index is 933. The van der Waals surface area contributed by atoms with Gasteiger partial charge in [-0.2, -0.15) is 26.3 Å². The van der Waals surface area contributed by atoms with E-state index < -0.39 is 35.0 Å². The smallest absolute Gasteiger partial charge is 0.352 e. The molecule has 2 N–H and O–H groups in total. The number of halogens is 6. The molecule has 1 fully saturated rings. The summed E-state index contributed by atoms with van der Waals surface area (Å²) in [6.07, 6.45) is -4.95. The molecule has 0 radical (unpaired) electrons. The number of hydrogen-bond donors (Lipinski definition) is 2. The second-order valence-corrected chi connectivity index (χ2v) is 8.37. The molecule has 0 aliphatic heterocycles. The van der Waals surface area contributed by atoms with Gasteiger partial charge in [-0.05, 0) is 68.4 Å². The van der Waals surface area contributed by atoms with Crippen LogP contribution in [0.5, 0.6) is 0 Å². The number of nitrogens with zero attached hydrogens (tertiary/aromatic N) is 1. The van der Waals surface area contributed by atoms with Gasteiger partial charge in [-0.25, -0.2) is 0 Å². The van der Waals surface area contributed by atoms with Gasteiger partial charge >= 0.3 is 12.4 Å². The van der Waals surface area contributed by atoms with Crippen LogP contribution in [0.3, 0.4) is 0 Å². The third-order valence-corrected chi connectivity index (χ3v) is 5.92. The molecule has 0 saturated heterocycles. The molecule has 1 aromatic carbocycles. The lowest BCUT2D eigenvalue weighted by atomic mass is 9.86. The minimum Gasteiger partial charge on any atom is -0.352 e. The molecule has 1 heterocycles. The minimum atomic E-state index is -4.99. The van der Waals surface area contributed by atoms with Gasteiger partial charge in [0.1, 0.15) is 0 Å². The molecule has 1 aliphatic carbocycles. The van der Waals surface area contributed by atoms with Crippen LogP contribution >= 0.6 is 0 Å². The van der Waals surface area contributed by atoms with Crippen molar-refractivity contribution in [1.82, 2.24) is 15.6 Å². The lowest BCUT2D eigenvalue weighted by Crippen LogP contribution is -2.37. The van der Waals surface area contributed by atoms with E-state index in [0.717, 1.165) is 36.9 Å². The van der Waals surface area contributed by atoms with Crippen LogP contribution < -0.4 is 10.6 Å². The second kappa shape index (κ2) is 10.1. The zero-order valence-corrected chi connectivity index (χ0v) is 18.0. The molecule has 3 rings (SSSR count). The summed E-state index contributed by atoms with van der Waals surface area (Å²) < 4.78 is 78.0. The van der Waals surface area contributed by atoms with E-state index >= 15 is 0 Å². The van der Waals surface area contributed by atoms with Gasteiger partial charge in [0, 0.05) is 30.9 Å². The number of aromatic nitrogens is 1. The van der Waals surface area contributed by atoms with Crippen molar-refractivity contribution >= 4 is 5.91 Å². The molecule has 1 amide bonds. The largest absolute Gasteiger partial charge is 0.416 e. The van der Waals surface area contributed by atoms with E-state index in [0.29, 0.717) is 18.7 Å². The average Bonchev–Trinajstić information content (AvgIpc) is 2.76. The predicted octanol–water partition coefficient (Wildman–Crippen LogP) is 5.51. The van der Waals surface area contributed by atoms with E-state index in [-0.39, 0.29) is 24.6 Å². The molecule has 10 heteroatoms. The maximum atomic E-state index is 13.0. The number of pyridine rings is 1. The Hall–Kier alpha value is -2.62. The van der Waals surface area contributed by atoms with E-state index in [2.05, 4.69) is 15.6 Å². The summed E-state index contributed by atoms with van der Waals surface area (Å²) in [6.45, 7) is 2.84. The van der Waals surface area contributed by atoms with Gasteiger partial charge in [0.2, 0.25) is 0 Å². The van der Waals surface area contributed by atoms with E-state index in [9.17, 15) is 31.1 Å². The van der Waals surface area contributed by atoms with Gasteiger partial charge < -0.3 is 10.6 Å². The summed E-state index contributed by atoms with van der Waals surface area (Å²) in [5.41, 5.74) is -1.58. The summed E-state index contributed by atoms with van der Waals surface area (Å²) in [7, 11) is 0. The first-order valence-electron chi connectivity index (χ1n) is 10.6. The molecule has 180 valence electrons. The minimum absolute atomic E-state index is 0.0114. The van der Waals surface area contributed by atoms with E-state index in [1.165, 1.54) is 0 Å². The number of carbonyl (C=O) groups excluding carboxylic acids is 1. The number of carbonyl (C=O) groups is 1. The average molecular weight is 473 g/mol. The number of benzene rings is 1. The summed E-state index contributed by atoms with van der Waals surface area (Å²) in [5, 5.41) is 5.97. The number of aryl methyl sites for hydroxylation is 1. The van der Waals surface area contributed by atoms with Crippen molar-refractivity contribution in [3.8, 4) is 0 Å². The lowest BCUT2D eigenvalue weighted by Gasteiger charge is -2.29. The molecule has 1 saturated carbocycles. The Morgan fingerprint density at radius 2 is 1.61 bits per heavy atom. The van der Waals surface area contributed by atoms with Gasteiger partial charge in [-0.1, -0.05) is 6.07 Å². The van der Waals surface area contributed by atoms with Gasteiger partial charge in [-0.15, -0.1) is 0 Å². The van der Waals surface area contributed by atoms with Gasteiger partial charge in [-0.3, -0.25) is 9.78 Å². The quantitative estimate of drug-likeness (QED) is 0.545. The highest BCUT2D eigenvalue weighted by Gasteiger charge is 2.37. The van der Waals surface area contributed by atoms with Crippen LogP contribution in [0, 0.1) is 12.8 Å². The summed E-state index contributed by atoms with van der Waals surface area (Å²) >= 11 is 0.